The van der Waals surface area contributed by atoms with E-state index < -0.39 is 0 Å². The quantitative estimate of drug-likeness (QED) is 0.419. The maximum atomic E-state index is 12.8. The summed E-state index contributed by atoms with van der Waals surface area (Å²) in [6.45, 7) is 1.42. The third-order valence-electron chi connectivity index (χ3n) is 7.24. The summed E-state index contributed by atoms with van der Waals surface area (Å²) in [4.78, 5) is 24.9. The smallest absolute Gasteiger partial charge is 0.220 e. The highest BCUT2D eigenvalue weighted by Crippen LogP contribution is 2.31. The van der Waals surface area contributed by atoms with Crippen LogP contribution < -0.4 is 21.5 Å². The van der Waals surface area contributed by atoms with Crippen LogP contribution in [0, 0.1) is 5.92 Å². The molecule has 0 spiro atoms. The number of hydrogen-bond donors (Lipinski definition) is 4. The minimum absolute atomic E-state index is 0.0396. The van der Waals surface area contributed by atoms with Gasteiger partial charge in [0.25, 0.3) is 0 Å². The van der Waals surface area contributed by atoms with Crippen LogP contribution in [-0.2, 0) is 16.0 Å². The minimum atomic E-state index is -0.361. The first kappa shape index (κ1) is 22.6. The molecule has 3 unspecified atom stereocenters. The van der Waals surface area contributed by atoms with Gasteiger partial charge in [0.1, 0.15) is 0 Å². The summed E-state index contributed by atoms with van der Waals surface area (Å²) in [6.07, 6.45) is 3.06. The van der Waals surface area contributed by atoms with Crippen LogP contribution >= 0.6 is 0 Å². The van der Waals surface area contributed by atoms with Crippen LogP contribution in [0.2, 0.25) is 0 Å². The lowest BCUT2D eigenvalue weighted by Crippen LogP contribution is -2.44. The molecule has 3 atom stereocenters. The van der Waals surface area contributed by atoms with Gasteiger partial charge >= 0.3 is 0 Å². The van der Waals surface area contributed by atoms with Gasteiger partial charge in [0.15, 0.2) is 0 Å². The molecule has 2 fully saturated rings. The molecule has 4 N–H and O–H groups in total. The van der Waals surface area contributed by atoms with Gasteiger partial charge in [-0.2, -0.15) is 0 Å². The fraction of sp³-hybridized carbons (Fsp3) is 0.357. The number of nitrogens with one attached hydrogen (secondary N) is 4. The molecule has 2 aliphatic rings. The number of hydrogen-bond acceptors (Lipinski definition) is 4. The van der Waals surface area contributed by atoms with E-state index in [1.54, 1.807) is 0 Å². The first-order valence-electron chi connectivity index (χ1n) is 12.2. The maximum absolute atomic E-state index is 12.8. The van der Waals surface area contributed by atoms with Crippen molar-refractivity contribution < 1.29 is 9.59 Å². The second-order valence-corrected chi connectivity index (χ2v) is 9.66. The zero-order valence-electron chi connectivity index (χ0n) is 19.3. The number of amides is 2. The van der Waals surface area contributed by atoms with Crippen molar-refractivity contribution in [2.24, 2.45) is 5.92 Å². The summed E-state index contributed by atoms with van der Waals surface area (Å²) in [5, 5.41) is 8.75. The second-order valence-electron chi connectivity index (χ2n) is 9.66. The summed E-state index contributed by atoms with van der Waals surface area (Å²) in [6, 6.07) is 25.3. The highest BCUT2D eigenvalue weighted by atomic mass is 16.2. The lowest BCUT2D eigenvalue weighted by Gasteiger charge is -2.29. The summed E-state index contributed by atoms with van der Waals surface area (Å²) >= 11 is 0. The molecular formula is C28H32N4O2. The Morgan fingerprint density at radius 2 is 1.79 bits per heavy atom. The lowest BCUT2D eigenvalue weighted by molar-refractivity contribution is -0.122. The number of carbonyl (C=O) groups excluding carboxylic acids is 2. The van der Waals surface area contributed by atoms with Crippen molar-refractivity contribution in [2.45, 2.75) is 43.7 Å². The fourth-order valence-electron chi connectivity index (χ4n) is 5.35. The van der Waals surface area contributed by atoms with E-state index in [4.69, 9.17) is 0 Å². The molecule has 6 nitrogen and oxygen atoms in total. The summed E-state index contributed by atoms with van der Waals surface area (Å²) in [5.74, 6) is 0.400. The second kappa shape index (κ2) is 9.95. The predicted octanol–water partition coefficient (Wildman–Crippen LogP) is 3.39. The SMILES string of the molecule is O=C(CCC1(Cc2ccc3ccccc3c2)CCC(=O)N1)NCC1CNNC1c1ccccc1. The van der Waals surface area contributed by atoms with Crippen LogP contribution in [0.3, 0.4) is 0 Å². The number of fused-ring (bicyclic) bond motifs is 1. The molecule has 3 aromatic carbocycles. The Morgan fingerprint density at radius 1 is 1.00 bits per heavy atom. The third-order valence-corrected chi connectivity index (χ3v) is 7.24. The van der Waals surface area contributed by atoms with Gasteiger partial charge in [-0.15, -0.1) is 0 Å². The number of carbonyl (C=O) groups is 2. The Kier molecular flexibility index (Phi) is 6.61. The normalized spacial score (nSPS) is 24.3. The van der Waals surface area contributed by atoms with E-state index in [1.165, 1.54) is 21.9 Å². The molecule has 5 rings (SSSR count). The molecule has 0 radical (unpaired) electrons. The summed E-state index contributed by atoms with van der Waals surface area (Å²) in [7, 11) is 0. The molecule has 2 saturated heterocycles. The monoisotopic (exact) mass is 456 g/mol. The van der Waals surface area contributed by atoms with Crippen LogP contribution in [0.25, 0.3) is 10.8 Å². The van der Waals surface area contributed by atoms with E-state index in [9.17, 15) is 9.59 Å². The lowest BCUT2D eigenvalue weighted by atomic mass is 9.84. The molecule has 2 heterocycles. The van der Waals surface area contributed by atoms with E-state index in [1.807, 2.05) is 30.3 Å². The standard InChI is InChI=1S/C28H32N4O2/c33-25(29-18-24-19-30-32-27(24)22-7-2-1-3-8-22)12-14-28(15-13-26(34)31-28)17-20-10-11-21-6-4-5-9-23(21)16-20/h1-11,16,24,27,30,32H,12-15,17-19H2,(H,29,33)(H,31,34). The number of benzene rings is 3. The Balaban J connectivity index is 1.19. The van der Waals surface area contributed by atoms with Crippen molar-refractivity contribution in [3.8, 4) is 0 Å². The summed E-state index contributed by atoms with van der Waals surface area (Å²) < 4.78 is 0. The predicted molar refractivity (Wildman–Crippen MR) is 134 cm³/mol. The van der Waals surface area contributed by atoms with Crippen molar-refractivity contribution >= 4 is 22.6 Å². The highest BCUT2D eigenvalue weighted by Gasteiger charge is 2.38. The van der Waals surface area contributed by atoms with Gasteiger partial charge in [-0.05, 0) is 41.2 Å². The van der Waals surface area contributed by atoms with Gasteiger partial charge in [-0.1, -0.05) is 72.8 Å². The van der Waals surface area contributed by atoms with E-state index in [-0.39, 0.29) is 29.3 Å². The molecule has 176 valence electrons. The van der Waals surface area contributed by atoms with Gasteiger partial charge in [0.2, 0.25) is 11.8 Å². The molecule has 2 aliphatic heterocycles. The third kappa shape index (κ3) is 5.13. The Hall–Kier alpha value is -3.22. The van der Waals surface area contributed by atoms with E-state index >= 15 is 0 Å². The molecule has 3 aromatic rings. The van der Waals surface area contributed by atoms with Crippen molar-refractivity contribution in [1.82, 2.24) is 21.5 Å². The summed E-state index contributed by atoms with van der Waals surface area (Å²) in [5.41, 5.74) is 8.60. The van der Waals surface area contributed by atoms with Crippen molar-refractivity contribution in [3.05, 3.63) is 83.9 Å². The minimum Gasteiger partial charge on any atom is -0.356 e. The molecule has 0 bridgehead atoms. The van der Waals surface area contributed by atoms with Crippen LogP contribution in [-0.4, -0.2) is 30.4 Å². The first-order valence-corrected chi connectivity index (χ1v) is 12.2. The van der Waals surface area contributed by atoms with Gasteiger partial charge in [-0.25, -0.2) is 5.43 Å². The highest BCUT2D eigenvalue weighted by molar-refractivity contribution is 5.83. The molecule has 2 amide bonds. The molecule has 0 aliphatic carbocycles. The van der Waals surface area contributed by atoms with Crippen molar-refractivity contribution in [3.63, 3.8) is 0 Å². The van der Waals surface area contributed by atoms with Gasteiger partial charge in [-0.3, -0.25) is 15.0 Å². The number of hydrazine groups is 1. The zero-order valence-corrected chi connectivity index (χ0v) is 19.3. The van der Waals surface area contributed by atoms with Crippen LogP contribution in [0.1, 0.15) is 42.9 Å². The van der Waals surface area contributed by atoms with Gasteiger partial charge < -0.3 is 10.6 Å². The molecule has 0 saturated carbocycles. The molecule has 34 heavy (non-hydrogen) atoms. The van der Waals surface area contributed by atoms with Crippen LogP contribution in [0.4, 0.5) is 0 Å². The average molecular weight is 457 g/mol. The van der Waals surface area contributed by atoms with Crippen molar-refractivity contribution in [1.29, 1.82) is 0 Å². The molecular weight excluding hydrogens is 424 g/mol. The Morgan fingerprint density at radius 3 is 2.59 bits per heavy atom. The Bertz CT molecular complexity index is 1170. The fourth-order valence-corrected chi connectivity index (χ4v) is 5.35. The van der Waals surface area contributed by atoms with Crippen LogP contribution in [0.5, 0.6) is 0 Å². The topological polar surface area (TPSA) is 82.3 Å². The van der Waals surface area contributed by atoms with E-state index in [0.29, 0.717) is 25.8 Å². The van der Waals surface area contributed by atoms with Gasteiger partial charge in [0.05, 0.1) is 6.04 Å². The first-order chi connectivity index (χ1) is 16.6. The van der Waals surface area contributed by atoms with E-state index in [2.05, 4.69) is 63.9 Å². The van der Waals surface area contributed by atoms with Gasteiger partial charge in [0, 0.05) is 37.4 Å². The molecule has 0 aromatic heterocycles. The Labute approximate surface area is 200 Å². The number of rotatable bonds is 8. The van der Waals surface area contributed by atoms with E-state index in [0.717, 1.165) is 19.4 Å². The maximum Gasteiger partial charge on any atom is 0.220 e. The largest absolute Gasteiger partial charge is 0.356 e. The van der Waals surface area contributed by atoms with Crippen molar-refractivity contribution in [2.75, 3.05) is 13.1 Å². The zero-order chi connectivity index (χ0) is 23.4. The average Bonchev–Trinajstić information content (AvgIpc) is 3.49. The molecule has 6 heteroatoms. The van der Waals surface area contributed by atoms with Crippen LogP contribution in [0.15, 0.2) is 72.8 Å².